The van der Waals surface area contributed by atoms with Gasteiger partial charge < -0.3 is 20.3 Å². The Bertz CT molecular complexity index is 1530. The Hall–Kier alpha value is -1.40. The highest BCUT2D eigenvalue weighted by atomic mass is 16.5. The van der Waals surface area contributed by atoms with Crippen molar-refractivity contribution in [3.05, 3.63) is 12.2 Å². The van der Waals surface area contributed by atoms with Crippen molar-refractivity contribution in [3.63, 3.8) is 0 Å². The summed E-state index contributed by atoms with van der Waals surface area (Å²) in [5, 5.41) is 23.5. The minimum absolute atomic E-state index is 0.0234. The lowest BCUT2D eigenvalue weighted by molar-refractivity contribution is -0.143. The molecule has 0 spiro atoms. The van der Waals surface area contributed by atoms with Crippen LogP contribution in [0.2, 0.25) is 0 Å². The maximum Gasteiger partial charge on any atom is 0.305 e. The van der Waals surface area contributed by atoms with Crippen molar-refractivity contribution >= 4 is 11.9 Å². The molecule has 0 aromatic rings. The maximum atomic E-state index is 12.6. The summed E-state index contributed by atoms with van der Waals surface area (Å²) in [5.41, 5.74) is 0. The molecule has 6 heteroatoms. The monoisotopic (exact) mass is 1410 g/mol. The molecule has 2 unspecified atom stereocenters. The fourth-order valence-electron chi connectivity index (χ4n) is 15.5. The average molecular weight is 1410 g/mol. The second kappa shape index (κ2) is 90.0. The average Bonchev–Trinajstić information content (AvgIpc) is 1.25. The number of nitrogens with one attached hydrogen (secondary N) is 1. The number of carbonyl (C=O) groups is 2. The van der Waals surface area contributed by atoms with E-state index in [1.807, 2.05) is 0 Å². The molecule has 0 aliphatic heterocycles. The van der Waals surface area contributed by atoms with Gasteiger partial charge in [-0.3, -0.25) is 9.59 Å². The van der Waals surface area contributed by atoms with Crippen LogP contribution in [0.5, 0.6) is 0 Å². The van der Waals surface area contributed by atoms with Crippen LogP contribution in [0.4, 0.5) is 0 Å². The van der Waals surface area contributed by atoms with E-state index in [4.69, 9.17) is 4.74 Å². The number of allylic oxidation sites excluding steroid dienone is 2. The van der Waals surface area contributed by atoms with Gasteiger partial charge >= 0.3 is 5.97 Å². The first-order valence-corrected chi connectivity index (χ1v) is 46.9. The van der Waals surface area contributed by atoms with Crippen LogP contribution in [0.25, 0.3) is 0 Å². The maximum absolute atomic E-state index is 12.6. The summed E-state index contributed by atoms with van der Waals surface area (Å²) in [6.45, 7) is 5.04. The molecule has 100 heavy (non-hydrogen) atoms. The number of carbonyl (C=O) groups excluding carboxylic acids is 2. The molecule has 0 radical (unpaired) electrons. The SMILES string of the molecule is CCCCCCCCCCCCCCCCCCCCCCCCCCCC(O)C(CO)NC(=O)CCCCCCCCCCCCCCCCCCC/C=C\CCCCCCCCCCCCCCCCCCCCOC(=O)CCCCCCCCCCCCCCCCCCCCC. The van der Waals surface area contributed by atoms with E-state index in [9.17, 15) is 19.8 Å². The van der Waals surface area contributed by atoms with Crippen molar-refractivity contribution in [2.75, 3.05) is 13.2 Å². The molecule has 0 heterocycles. The first-order chi connectivity index (χ1) is 49.5. The molecule has 0 aromatic carbocycles. The summed E-state index contributed by atoms with van der Waals surface area (Å²) in [6, 6.07) is -0.539. The van der Waals surface area contributed by atoms with Gasteiger partial charge in [-0.2, -0.15) is 0 Å². The Labute approximate surface area is 629 Å². The highest BCUT2D eigenvalue weighted by molar-refractivity contribution is 5.76. The summed E-state index contributed by atoms with van der Waals surface area (Å²) >= 11 is 0. The molecule has 2 atom stereocenters. The molecule has 0 saturated carbocycles. The molecule has 0 aliphatic rings. The number of unbranched alkanes of at least 4 members (excludes halogenated alkanes) is 77. The van der Waals surface area contributed by atoms with Gasteiger partial charge in [0.1, 0.15) is 0 Å². The number of aliphatic hydroxyl groups is 2. The molecule has 0 bridgehead atoms. The third kappa shape index (κ3) is 85.5. The van der Waals surface area contributed by atoms with Crippen LogP contribution in [-0.2, 0) is 14.3 Å². The van der Waals surface area contributed by atoms with E-state index in [0.717, 1.165) is 38.5 Å². The lowest BCUT2D eigenvalue weighted by Gasteiger charge is -2.22. The smallest absolute Gasteiger partial charge is 0.305 e. The van der Waals surface area contributed by atoms with Crippen molar-refractivity contribution in [2.45, 2.75) is 565 Å². The summed E-state index contributed by atoms with van der Waals surface area (Å²) in [4.78, 5) is 24.8. The predicted molar refractivity (Wildman–Crippen MR) is 444 cm³/mol. The first kappa shape index (κ1) is 98.6. The fourth-order valence-corrected chi connectivity index (χ4v) is 15.5. The normalized spacial score (nSPS) is 12.4. The van der Waals surface area contributed by atoms with E-state index in [1.54, 1.807) is 0 Å². The number of aliphatic hydroxyl groups excluding tert-OH is 2. The van der Waals surface area contributed by atoms with Crippen molar-refractivity contribution in [1.29, 1.82) is 0 Å². The van der Waals surface area contributed by atoms with Gasteiger partial charge in [-0.25, -0.2) is 0 Å². The topological polar surface area (TPSA) is 95.9 Å². The molecule has 6 nitrogen and oxygen atoms in total. The van der Waals surface area contributed by atoms with Gasteiger partial charge in [0.25, 0.3) is 0 Å². The number of ether oxygens (including phenoxy) is 1. The van der Waals surface area contributed by atoms with E-state index in [1.165, 1.54) is 482 Å². The molecular weight excluding hydrogens is 1220 g/mol. The molecule has 0 rings (SSSR count). The Morgan fingerprint density at radius 1 is 0.270 bits per heavy atom. The zero-order valence-corrected chi connectivity index (χ0v) is 68.7. The number of esters is 1. The van der Waals surface area contributed by atoms with E-state index >= 15 is 0 Å². The van der Waals surface area contributed by atoms with Gasteiger partial charge in [0.2, 0.25) is 5.91 Å². The largest absolute Gasteiger partial charge is 0.466 e. The van der Waals surface area contributed by atoms with Gasteiger partial charge in [-0.1, -0.05) is 501 Å². The van der Waals surface area contributed by atoms with Crippen molar-refractivity contribution < 1.29 is 24.5 Å². The van der Waals surface area contributed by atoms with Crippen molar-refractivity contribution in [1.82, 2.24) is 5.32 Å². The number of hydrogen-bond acceptors (Lipinski definition) is 5. The third-order valence-electron chi connectivity index (χ3n) is 22.6. The summed E-state index contributed by atoms with van der Waals surface area (Å²) in [6.07, 6.45) is 117. The van der Waals surface area contributed by atoms with Crippen LogP contribution in [0, 0.1) is 0 Å². The predicted octanol–water partition coefficient (Wildman–Crippen LogP) is 31.7. The second-order valence-corrected chi connectivity index (χ2v) is 32.7. The molecule has 0 aliphatic carbocycles. The quantitative estimate of drug-likeness (QED) is 0.0320. The van der Waals surface area contributed by atoms with Crippen LogP contribution in [-0.4, -0.2) is 47.4 Å². The Morgan fingerprint density at radius 2 is 0.470 bits per heavy atom. The zero-order chi connectivity index (χ0) is 71.9. The third-order valence-corrected chi connectivity index (χ3v) is 22.6. The van der Waals surface area contributed by atoms with Crippen LogP contribution < -0.4 is 5.32 Å². The molecule has 0 aromatic heterocycles. The van der Waals surface area contributed by atoms with E-state index < -0.39 is 12.1 Å². The highest BCUT2D eigenvalue weighted by Gasteiger charge is 2.20. The standard InChI is InChI=1S/C94H185NO5/c1-3-5-7-9-11-13-15-17-19-21-23-24-25-41-44-47-51-54-58-62-66-70-74-78-82-86-92(97)91(90-96)95-93(98)87-83-79-75-71-67-63-59-55-52-48-45-42-39-37-35-33-31-29-27-26-28-30-32-34-36-38-40-43-46-49-53-57-61-65-69-73-77-81-85-89-100-94(99)88-84-80-76-72-68-64-60-56-50-22-20-18-16-14-12-10-8-6-4-2/h26-27,91-92,96-97H,3-25,28-90H2,1-2H3,(H,95,98)/b27-26-. The summed E-state index contributed by atoms with van der Waals surface area (Å²) in [5.74, 6) is 0.00554. The first-order valence-electron chi connectivity index (χ1n) is 46.9. The molecule has 596 valence electrons. The molecule has 0 saturated heterocycles. The molecule has 1 amide bonds. The zero-order valence-electron chi connectivity index (χ0n) is 68.7. The van der Waals surface area contributed by atoms with E-state index in [-0.39, 0.29) is 18.5 Å². The Kier molecular flexibility index (Phi) is 88.7. The number of rotatable bonds is 90. The van der Waals surface area contributed by atoms with Crippen LogP contribution in [0.15, 0.2) is 12.2 Å². The van der Waals surface area contributed by atoms with Crippen LogP contribution in [0.1, 0.15) is 553 Å². The summed E-state index contributed by atoms with van der Waals surface area (Å²) < 4.78 is 5.53. The van der Waals surface area contributed by atoms with Gasteiger partial charge in [-0.05, 0) is 51.4 Å². The Balaban J connectivity index is 3.31. The highest BCUT2D eigenvalue weighted by Crippen LogP contribution is 2.22. The van der Waals surface area contributed by atoms with Crippen LogP contribution in [0.3, 0.4) is 0 Å². The van der Waals surface area contributed by atoms with Gasteiger partial charge in [0.15, 0.2) is 0 Å². The van der Waals surface area contributed by atoms with Crippen molar-refractivity contribution in [2.24, 2.45) is 0 Å². The lowest BCUT2D eigenvalue weighted by Crippen LogP contribution is -2.45. The van der Waals surface area contributed by atoms with Crippen LogP contribution >= 0.6 is 0 Å². The van der Waals surface area contributed by atoms with Crippen molar-refractivity contribution in [3.8, 4) is 0 Å². The molecule has 0 fully saturated rings. The lowest BCUT2D eigenvalue weighted by atomic mass is 10.0. The Morgan fingerprint density at radius 3 is 0.710 bits per heavy atom. The van der Waals surface area contributed by atoms with Gasteiger partial charge in [-0.15, -0.1) is 0 Å². The van der Waals surface area contributed by atoms with Gasteiger partial charge in [0, 0.05) is 12.8 Å². The fraction of sp³-hybridized carbons (Fsp3) is 0.957. The molecule has 3 N–H and O–H groups in total. The van der Waals surface area contributed by atoms with Gasteiger partial charge in [0.05, 0.1) is 25.4 Å². The molecular formula is C94H185NO5. The van der Waals surface area contributed by atoms with E-state index in [0.29, 0.717) is 25.9 Å². The number of hydrogen-bond donors (Lipinski definition) is 3. The minimum Gasteiger partial charge on any atom is -0.466 e. The van der Waals surface area contributed by atoms with E-state index in [2.05, 4.69) is 31.3 Å². The number of amides is 1. The summed E-state index contributed by atoms with van der Waals surface area (Å²) in [7, 11) is 0. The minimum atomic E-state index is -0.663. The second-order valence-electron chi connectivity index (χ2n) is 32.7.